The maximum Gasteiger partial charge on any atom is 0.274 e. The summed E-state index contributed by atoms with van der Waals surface area (Å²) in [5.41, 5.74) is 1.30. The largest absolute Gasteiger partial charge is 0.352 e. The predicted octanol–water partition coefficient (Wildman–Crippen LogP) is 4.77. The van der Waals surface area contributed by atoms with Gasteiger partial charge in [-0.25, -0.2) is 18.1 Å². The first kappa shape index (κ1) is 29.3. The Morgan fingerprint density at radius 1 is 0.952 bits per heavy atom. The zero-order chi connectivity index (χ0) is 29.9. The van der Waals surface area contributed by atoms with Gasteiger partial charge in [-0.2, -0.15) is 0 Å². The van der Waals surface area contributed by atoms with Gasteiger partial charge in [-0.1, -0.05) is 42.5 Å². The van der Waals surface area contributed by atoms with Crippen LogP contribution in [0.4, 0.5) is 5.69 Å². The molecule has 0 fully saturated rings. The van der Waals surface area contributed by atoms with Gasteiger partial charge in [0, 0.05) is 26.7 Å². The quantitative estimate of drug-likeness (QED) is 0.185. The molecule has 2 amide bonds. The summed E-state index contributed by atoms with van der Waals surface area (Å²) in [7, 11) is -2.40. The van der Waals surface area contributed by atoms with E-state index in [1.807, 2.05) is 41.8 Å². The van der Waals surface area contributed by atoms with Gasteiger partial charge in [0.1, 0.15) is 5.69 Å². The third kappa shape index (κ3) is 6.47. The van der Waals surface area contributed by atoms with Crippen LogP contribution in [0.2, 0.25) is 0 Å². The van der Waals surface area contributed by atoms with Gasteiger partial charge in [0.15, 0.2) is 5.11 Å². The van der Waals surface area contributed by atoms with Crippen LogP contribution in [0.15, 0.2) is 90.3 Å². The molecule has 0 spiro atoms. The number of thiocarbonyl (C=S) groups is 1. The van der Waals surface area contributed by atoms with Crippen LogP contribution >= 0.6 is 23.6 Å². The minimum Gasteiger partial charge on any atom is -0.352 e. The number of aromatic nitrogens is 1. The van der Waals surface area contributed by atoms with Crippen LogP contribution in [0, 0.1) is 0 Å². The summed E-state index contributed by atoms with van der Waals surface area (Å²) in [4.78, 5) is 30.2. The van der Waals surface area contributed by atoms with Crippen molar-refractivity contribution in [2.75, 3.05) is 18.1 Å². The van der Waals surface area contributed by atoms with E-state index in [4.69, 9.17) is 12.2 Å². The van der Waals surface area contributed by atoms with Gasteiger partial charge in [0.2, 0.25) is 10.0 Å². The summed E-state index contributed by atoms with van der Waals surface area (Å²) < 4.78 is 28.8. The first-order chi connectivity index (χ1) is 20.1. The Hall–Kier alpha value is -4.23. The maximum absolute atomic E-state index is 13.1. The fourth-order valence-corrected chi connectivity index (χ4v) is 7.13. The Balaban J connectivity index is 1.44. The second-order valence-electron chi connectivity index (χ2n) is 9.77. The fourth-order valence-electron chi connectivity index (χ4n) is 4.60. The number of benzene rings is 3. The van der Waals surface area contributed by atoms with E-state index >= 15 is 0 Å². The molecule has 0 radical (unpaired) electrons. The van der Waals surface area contributed by atoms with Crippen LogP contribution in [0.3, 0.4) is 0 Å². The van der Waals surface area contributed by atoms with Crippen molar-refractivity contribution in [2.24, 2.45) is 0 Å². The summed E-state index contributed by atoms with van der Waals surface area (Å²) in [5, 5.41) is 12.1. The summed E-state index contributed by atoms with van der Waals surface area (Å²) >= 11 is 6.88. The molecule has 2 heterocycles. The molecule has 2 aromatic heterocycles. The van der Waals surface area contributed by atoms with E-state index in [1.165, 1.54) is 18.4 Å². The topological polar surface area (TPSA) is 129 Å². The van der Waals surface area contributed by atoms with Crippen LogP contribution in [-0.4, -0.2) is 43.1 Å². The van der Waals surface area contributed by atoms with E-state index in [1.54, 1.807) is 55.5 Å². The highest BCUT2D eigenvalue weighted by molar-refractivity contribution is 7.89. The third-order valence-electron chi connectivity index (χ3n) is 6.70. The molecule has 12 heteroatoms. The molecular formula is C30H27N5O4S3. The number of pyridine rings is 1. The highest BCUT2D eigenvalue weighted by Crippen LogP contribution is 2.36. The number of anilines is 1. The normalized spacial score (nSPS) is 12.9. The number of carbonyl (C=O) groups is 2. The molecule has 0 aliphatic heterocycles. The molecule has 0 aliphatic carbocycles. The van der Waals surface area contributed by atoms with Gasteiger partial charge in [0.25, 0.3) is 11.8 Å². The first-order valence-electron chi connectivity index (χ1n) is 12.9. The van der Waals surface area contributed by atoms with Crippen molar-refractivity contribution in [1.82, 2.24) is 20.3 Å². The van der Waals surface area contributed by atoms with Gasteiger partial charge in [0.05, 0.1) is 16.8 Å². The first-order valence-corrected chi connectivity index (χ1v) is 15.8. The van der Waals surface area contributed by atoms with Crippen LogP contribution in [0.5, 0.6) is 0 Å². The molecule has 0 saturated carbocycles. The van der Waals surface area contributed by atoms with Crippen LogP contribution < -0.4 is 20.7 Å². The molecule has 0 saturated heterocycles. The number of fused-ring (bicyclic) bond motifs is 2. The number of para-hydroxylation sites is 1. The van der Waals surface area contributed by atoms with Crippen molar-refractivity contribution in [3.8, 4) is 0 Å². The molecule has 5 rings (SSSR count). The molecule has 214 valence electrons. The van der Waals surface area contributed by atoms with Crippen molar-refractivity contribution in [3.63, 3.8) is 0 Å². The Bertz CT molecular complexity index is 1930. The molecule has 5 aromatic rings. The van der Waals surface area contributed by atoms with Crippen LogP contribution in [-0.2, 0) is 15.6 Å². The number of hydrogen-bond donors (Lipinski definition) is 4. The number of rotatable bonds is 8. The summed E-state index contributed by atoms with van der Waals surface area (Å²) in [5.74, 6) is -1.17. The zero-order valence-corrected chi connectivity index (χ0v) is 25.1. The van der Waals surface area contributed by atoms with Gasteiger partial charge >= 0.3 is 0 Å². The maximum atomic E-state index is 13.1. The second-order valence-corrected chi connectivity index (χ2v) is 13.0. The smallest absolute Gasteiger partial charge is 0.274 e. The number of thiophene rings is 1. The number of nitrogens with zero attached hydrogens (tertiary/aromatic N) is 1. The van der Waals surface area contributed by atoms with Gasteiger partial charge in [-0.05, 0) is 79.6 Å². The minimum atomic E-state index is -3.74. The average molecular weight is 618 g/mol. The Labute approximate surface area is 252 Å². The van der Waals surface area contributed by atoms with Crippen LogP contribution in [0.25, 0.3) is 21.0 Å². The zero-order valence-electron chi connectivity index (χ0n) is 22.7. The van der Waals surface area contributed by atoms with Crippen molar-refractivity contribution >= 4 is 77.2 Å². The Kier molecular flexibility index (Phi) is 8.32. The molecule has 0 bridgehead atoms. The van der Waals surface area contributed by atoms with Crippen molar-refractivity contribution < 1.29 is 18.0 Å². The van der Waals surface area contributed by atoms with E-state index in [9.17, 15) is 18.0 Å². The highest BCUT2D eigenvalue weighted by atomic mass is 32.2. The molecule has 4 N–H and O–H groups in total. The molecule has 1 atom stereocenters. The monoisotopic (exact) mass is 617 g/mol. The SMILES string of the molecule is CNS(=O)(=O)CC(C)(NC(=S)NC(=O)c1ccccc1)c1csc2ccc(NC(=O)c3ccc4ccccc4n3)cc12. The van der Waals surface area contributed by atoms with E-state index in [0.717, 1.165) is 15.5 Å². The number of sulfonamides is 1. The minimum absolute atomic E-state index is 0.0242. The molecule has 0 aliphatic rings. The van der Waals surface area contributed by atoms with Crippen molar-refractivity contribution in [2.45, 2.75) is 12.5 Å². The highest BCUT2D eigenvalue weighted by Gasteiger charge is 2.35. The molecule has 9 nitrogen and oxygen atoms in total. The molecule has 42 heavy (non-hydrogen) atoms. The Morgan fingerprint density at radius 2 is 1.69 bits per heavy atom. The standard InChI is InChI=1S/C30H27N5O4S3/c1-30(18-42(38,39)31-2,35-29(40)34-27(36)20-9-4-3-5-10-20)23-17-41-26-15-13-21(16-22(23)26)32-28(37)25-14-12-19-8-6-7-11-24(19)33-25/h3-17,31H,18H2,1-2H3,(H,32,37)(H2,34,35,36,40). The van der Waals surface area contributed by atoms with E-state index in [2.05, 4.69) is 25.7 Å². The number of nitrogens with one attached hydrogen (secondary N) is 4. The third-order valence-corrected chi connectivity index (χ3v) is 9.45. The lowest BCUT2D eigenvalue weighted by Gasteiger charge is -2.32. The predicted molar refractivity (Wildman–Crippen MR) is 171 cm³/mol. The van der Waals surface area contributed by atoms with E-state index in [0.29, 0.717) is 22.3 Å². The number of carbonyl (C=O) groups excluding carboxylic acids is 2. The number of amides is 2. The fraction of sp³-hybridized carbons (Fsp3) is 0.133. The lowest BCUT2D eigenvalue weighted by molar-refractivity contribution is 0.0974. The van der Waals surface area contributed by atoms with Crippen molar-refractivity contribution in [3.05, 3.63) is 107 Å². The molecule has 3 aromatic carbocycles. The van der Waals surface area contributed by atoms with Crippen LogP contribution in [0.1, 0.15) is 33.3 Å². The second kappa shape index (κ2) is 11.9. The number of hydrogen-bond acceptors (Lipinski definition) is 7. The average Bonchev–Trinajstić information content (AvgIpc) is 3.41. The summed E-state index contributed by atoms with van der Waals surface area (Å²) in [6.45, 7) is 1.70. The van der Waals surface area contributed by atoms with Gasteiger partial charge in [-0.3, -0.25) is 14.9 Å². The van der Waals surface area contributed by atoms with Gasteiger partial charge < -0.3 is 10.6 Å². The van der Waals surface area contributed by atoms with E-state index in [-0.39, 0.29) is 22.5 Å². The van der Waals surface area contributed by atoms with Gasteiger partial charge in [-0.15, -0.1) is 11.3 Å². The van der Waals surface area contributed by atoms with E-state index < -0.39 is 21.5 Å². The lowest BCUT2D eigenvalue weighted by atomic mass is 9.93. The molecular weight excluding hydrogens is 591 g/mol. The lowest BCUT2D eigenvalue weighted by Crippen LogP contribution is -2.53. The summed E-state index contributed by atoms with van der Waals surface area (Å²) in [6.07, 6.45) is 0. The molecule has 1 unspecified atom stereocenters. The van der Waals surface area contributed by atoms with Crippen molar-refractivity contribution in [1.29, 1.82) is 0 Å². The summed E-state index contributed by atoms with van der Waals surface area (Å²) in [6, 6.07) is 25.0. The Morgan fingerprint density at radius 3 is 2.45 bits per heavy atom.